The van der Waals surface area contributed by atoms with Gasteiger partial charge in [-0.1, -0.05) is 5.16 Å². The molecule has 0 unspecified atom stereocenters. The molecule has 0 amide bonds. The number of unbranched alkanes of at least 4 members (excludes halogenated alkanes) is 1. The number of ether oxygens (including phenoxy) is 1. The minimum absolute atomic E-state index is 0.0583. The second-order valence-corrected chi connectivity index (χ2v) is 4.67. The average Bonchev–Trinajstić information content (AvgIpc) is 2.91. The van der Waals surface area contributed by atoms with E-state index in [1.165, 1.54) is 13.2 Å². The molecule has 6 heteroatoms. The van der Waals surface area contributed by atoms with E-state index in [4.69, 9.17) is 14.4 Å². The number of phenols is 1. The summed E-state index contributed by atoms with van der Waals surface area (Å²) in [5.41, 5.74) is 1.28. The number of phenolic OH excluding ortho intramolecular Hbond substituents is 1. The molecule has 1 aromatic heterocycles. The van der Waals surface area contributed by atoms with E-state index in [9.17, 15) is 9.90 Å². The Morgan fingerprint density at radius 2 is 2.14 bits per heavy atom. The second-order valence-electron chi connectivity index (χ2n) is 4.67. The van der Waals surface area contributed by atoms with Crippen LogP contribution in [0.25, 0.3) is 11.3 Å². The average molecular weight is 291 g/mol. The number of aliphatic carboxylic acids is 1. The Bertz CT molecular complexity index is 620. The first-order chi connectivity index (χ1) is 10.1. The molecular weight excluding hydrogens is 274 g/mol. The summed E-state index contributed by atoms with van der Waals surface area (Å²) >= 11 is 0. The number of aryl methyl sites for hydroxylation is 1. The largest absolute Gasteiger partial charge is 0.507 e. The van der Waals surface area contributed by atoms with E-state index >= 15 is 0 Å². The van der Waals surface area contributed by atoms with Crippen LogP contribution in [0.4, 0.5) is 0 Å². The molecule has 1 aromatic carbocycles. The summed E-state index contributed by atoms with van der Waals surface area (Å²) in [5.74, 6) is 0.301. The Kier molecular flexibility index (Phi) is 4.81. The Morgan fingerprint density at radius 3 is 2.81 bits per heavy atom. The van der Waals surface area contributed by atoms with Crippen LogP contribution in [0, 0.1) is 0 Å². The van der Waals surface area contributed by atoms with Crippen LogP contribution in [0.5, 0.6) is 11.5 Å². The fourth-order valence-electron chi connectivity index (χ4n) is 1.99. The van der Waals surface area contributed by atoms with Gasteiger partial charge in [-0.25, -0.2) is 0 Å². The number of carbonyl (C=O) groups is 1. The number of nitrogens with zero attached hydrogens (tertiary/aromatic N) is 1. The van der Waals surface area contributed by atoms with E-state index in [-0.39, 0.29) is 12.2 Å². The third-order valence-electron chi connectivity index (χ3n) is 3.10. The quantitative estimate of drug-likeness (QED) is 0.762. The lowest BCUT2D eigenvalue weighted by Crippen LogP contribution is -1.94. The van der Waals surface area contributed by atoms with Crippen LogP contribution in [0.3, 0.4) is 0 Å². The van der Waals surface area contributed by atoms with Gasteiger partial charge in [0, 0.05) is 18.6 Å². The smallest absolute Gasteiger partial charge is 0.303 e. The fraction of sp³-hybridized carbons (Fsp3) is 0.333. The molecule has 0 bridgehead atoms. The first kappa shape index (κ1) is 14.9. The molecular formula is C15H17NO5. The highest BCUT2D eigenvalue weighted by atomic mass is 16.5. The summed E-state index contributed by atoms with van der Waals surface area (Å²) in [7, 11) is 1.53. The Morgan fingerprint density at radius 1 is 1.33 bits per heavy atom. The summed E-state index contributed by atoms with van der Waals surface area (Å²) in [6.07, 6.45) is 2.13. The van der Waals surface area contributed by atoms with Crippen LogP contribution in [0.15, 0.2) is 28.8 Å². The minimum atomic E-state index is -0.793. The van der Waals surface area contributed by atoms with Crippen LogP contribution in [-0.2, 0) is 11.2 Å². The molecule has 21 heavy (non-hydrogen) atoms. The van der Waals surface area contributed by atoms with Gasteiger partial charge in [-0.05, 0) is 31.4 Å². The van der Waals surface area contributed by atoms with Gasteiger partial charge < -0.3 is 19.5 Å². The SMILES string of the molecule is COc1ccc(-c2cc(CCCCC(=O)O)no2)c(O)c1. The lowest BCUT2D eigenvalue weighted by atomic mass is 10.1. The van der Waals surface area contributed by atoms with Crippen molar-refractivity contribution in [2.24, 2.45) is 0 Å². The number of hydrogen-bond acceptors (Lipinski definition) is 5. The number of carboxylic acid groups (broad SMARTS) is 1. The molecule has 2 rings (SSSR count). The van der Waals surface area contributed by atoms with E-state index in [0.717, 1.165) is 12.1 Å². The number of carboxylic acids is 1. The third-order valence-corrected chi connectivity index (χ3v) is 3.10. The van der Waals surface area contributed by atoms with Crippen molar-refractivity contribution in [3.05, 3.63) is 30.0 Å². The van der Waals surface area contributed by atoms with Crippen molar-refractivity contribution in [2.75, 3.05) is 7.11 Å². The molecule has 6 nitrogen and oxygen atoms in total. The summed E-state index contributed by atoms with van der Waals surface area (Å²) in [6, 6.07) is 6.68. The van der Waals surface area contributed by atoms with Crippen molar-refractivity contribution >= 4 is 5.97 Å². The first-order valence-electron chi connectivity index (χ1n) is 6.65. The molecule has 0 aliphatic rings. The van der Waals surface area contributed by atoms with Crippen molar-refractivity contribution < 1.29 is 24.3 Å². The van der Waals surface area contributed by atoms with Crippen LogP contribution >= 0.6 is 0 Å². The van der Waals surface area contributed by atoms with Gasteiger partial charge in [0.25, 0.3) is 0 Å². The second kappa shape index (κ2) is 6.78. The van der Waals surface area contributed by atoms with Crippen molar-refractivity contribution in [3.8, 4) is 22.8 Å². The molecule has 0 aliphatic heterocycles. The van der Waals surface area contributed by atoms with Crippen LogP contribution in [0.1, 0.15) is 25.0 Å². The highest BCUT2D eigenvalue weighted by molar-refractivity contribution is 5.67. The predicted octanol–water partition coefficient (Wildman–Crippen LogP) is 2.85. The maximum Gasteiger partial charge on any atom is 0.303 e. The minimum Gasteiger partial charge on any atom is -0.507 e. The standard InChI is InChI=1S/C15H17NO5/c1-20-11-6-7-12(13(17)9-11)14-8-10(16-21-14)4-2-3-5-15(18)19/h6-9,17H,2-5H2,1H3,(H,18,19). The fourth-order valence-corrected chi connectivity index (χ4v) is 1.99. The highest BCUT2D eigenvalue weighted by Crippen LogP contribution is 2.32. The number of methoxy groups -OCH3 is 1. The molecule has 2 aromatic rings. The van der Waals surface area contributed by atoms with Gasteiger partial charge in [-0.2, -0.15) is 0 Å². The van der Waals surface area contributed by atoms with Gasteiger partial charge in [0.1, 0.15) is 11.5 Å². The van der Waals surface area contributed by atoms with Crippen LogP contribution < -0.4 is 4.74 Å². The maximum atomic E-state index is 10.4. The number of aromatic hydroxyl groups is 1. The zero-order valence-corrected chi connectivity index (χ0v) is 11.7. The summed E-state index contributed by atoms with van der Waals surface area (Å²) < 4.78 is 10.2. The Hall–Kier alpha value is -2.50. The van der Waals surface area contributed by atoms with Gasteiger partial charge in [0.2, 0.25) is 0 Å². The lowest BCUT2D eigenvalue weighted by molar-refractivity contribution is -0.137. The first-order valence-corrected chi connectivity index (χ1v) is 6.65. The van der Waals surface area contributed by atoms with E-state index in [0.29, 0.717) is 29.9 Å². The lowest BCUT2D eigenvalue weighted by Gasteiger charge is -2.03. The summed E-state index contributed by atoms with van der Waals surface area (Å²) in [5, 5.41) is 22.4. The molecule has 0 radical (unpaired) electrons. The maximum absolute atomic E-state index is 10.4. The molecule has 0 spiro atoms. The Labute approximate surface area is 122 Å². The van der Waals surface area contributed by atoms with E-state index in [1.807, 2.05) is 0 Å². The van der Waals surface area contributed by atoms with Crippen molar-refractivity contribution in [1.29, 1.82) is 0 Å². The highest BCUT2D eigenvalue weighted by Gasteiger charge is 2.12. The number of aromatic nitrogens is 1. The van der Waals surface area contributed by atoms with Gasteiger partial charge in [0.15, 0.2) is 5.76 Å². The van der Waals surface area contributed by atoms with Crippen LogP contribution in [-0.4, -0.2) is 28.4 Å². The molecule has 0 aliphatic carbocycles. The molecule has 0 fully saturated rings. The van der Waals surface area contributed by atoms with Crippen LogP contribution in [0.2, 0.25) is 0 Å². The van der Waals surface area contributed by atoms with Crippen molar-refractivity contribution in [3.63, 3.8) is 0 Å². The summed E-state index contributed by atoms with van der Waals surface area (Å²) in [6.45, 7) is 0. The van der Waals surface area contributed by atoms with E-state index < -0.39 is 5.97 Å². The number of rotatable bonds is 7. The van der Waals surface area contributed by atoms with Gasteiger partial charge >= 0.3 is 5.97 Å². The molecule has 0 atom stereocenters. The van der Waals surface area contributed by atoms with Crippen molar-refractivity contribution in [1.82, 2.24) is 5.16 Å². The van der Waals surface area contributed by atoms with Gasteiger partial charge in [-0.15, -0.1) is 0 Å². The molecule has 1 heterocycles. The molecule has 112 valence electrons. The number of hydrogen-bond donors (Lipinski definition) is 2. The zero-order valence-electron chi connectivity index (χ0n) is 11.7. The summed E-state index contributed by atoms with van der Waals surface area (Å²) in [4.78, 5) is 10.4. The Balaban J connectivity index is 2.01. The third kappa shape index (κ3) is 3.98. The zero-order chi connectivity index (χ0) is 15.2. The topological polar surface area (TPSA) is 92.8 Å². The van der Waals surface area contributed by atoms with E-state index in [1.54, 1.807) is 18.2 Å². The molecule has 0 saturated heterocycles. The normalized spacial score (nSPS) is 10.5. The van der Waals surface area contributed by atoms with E-state index in [2.05, 4.69) is 5.16 Å². The number of benzene rings is 1. The monoisotopic (exact) mass is 291 g/mol. The van der Waals surface area contributed by atoms with Gasteiger partial charge in [0.05, 0.1) is 18.4 Å². The predicted molar refractivity (Wildman–Crippen MR) is 75.3 cm³/mol. The van der Waals surface area contributed by atoms with Gasteiger partial charge in [-0.3, -0.25) is 4.79 Å². The molecule has 2 N–H and O–H groups in total. The van der Waals surface area contributed by atoms with Crippen molar-refractivity contribution in [2.45, 2.75) is 25.7 Å². The molecule has 0 saturated carbocycles.